The Morgan fingerprint density at radius 3 is 1.80 bits per heavy atom. The lowest BCUT2D eigenvalue weighted by molar-refractivity contribution is -0.0995. The molecule has 0 saturated carbocycles. The van der Waals surface area contributed by atoms with Gasteiger partial charge in [-0.1, -0.05) is 13.8 Å². The molecular weight excluding hydrogens is 138 g/mol. The third kappa shape index (κ3) is 2.21. The van der Waals surface area contributed by atoms with E-state index in [1.54, 1.807) is 13.8 Å². The number of hydrogen-bond acceptors (Lipinski definition) is 1. The Labute approximate surface area is 60.1 Å². The van der Waals surface area contributed by atoms with E-state index in [2.05, 4.69) is 0 Å². The summed E-state index contributed by atoms with van der Waals surface area (Å²) in [6.45, 7) is 2.38. The fraction of sp³-hybridized carbons (Fsp3) is 1.00. The maximum Gasteiger partial charge on any atom is 0.273 e. The van der Waals surface area contributed by atoms with Gasteiger partial charge >= 0.3 is 0 Å². The first-order valence-corrected chi connectivity index (χ1v) is 3.57. The van der Waals surface area contributed by atoms with E-state index >= 15 is 0 Å². The molecule has 0 atom stereocenters. The normalized spacial score (nSPS) is 12.6. The molecule has 0 aromatic rings. The molecule has 3 heteroatoms. The summed E-state index contributed by atoms with van der Waals surface area (Å²) in [5.41, 5.74) is 0. The monoisotopic (exact) mass is 152 g/mol. The Kier molecular flexibility index (Phi) is 3.79. The molecule has 0 saturated heterocycles. The van der Waals surface area contributed by atoms with Crippen molar-refractivity contribution in [3.8, 4) is 0 Å². The first kappa shape index (κ1) is 9.82. The Morgan fingerprint density at radius 1 is 1.30 bits per heavy atom. The number of alkyl halides is 2. The predicted molar refractivity (Wildman–Crippen MR) is 36.1 cm³/mol. The molecular formula is C7H14F2O. The van der Waals surface area contributed by atoms with Crippen molar-refractivity contribution >= 4 is 0 Å². The average Bonchev–Trinajstić information content (AvgIpc) is 1.90. The molecule has 0 aliphatic heterocycles. The van der Waals surface area contributed by atoms with E-state index in [-0.39, 0.29) is 0 Å². The van der Waals surface area contributed by atoms with Crippen LogP contribution in [-0.2, 0) is 0 Å². The first-order valence-electron chi connectivity index (χ1n) is 3.57. The van der Waals surface area contributed by atoms with Crippen LogP contribution in [0.2, 0.25) is 0 Å². The molecule has 0 amide bonds. The van der Waals surface area contributed by atoms with Crippen LogP contribution in [-0.4, -0.2) is 17.6 Å². The molecule has 0 bridgehead atoms. The number of aliphatic hydroxyl groups excluding tert-OH is 1. The van der Waals surface area contributed by atoms with Gasteiger partial charge in [-0.2, -0.15) is 0 Å². The maximum atomic E-state index is 12.6. The zero-order chi connectivity index (χ0) is 8.20. The third-order valence-corrected chi connectivity index (χ3v) is 1.79. The highest BCUT2D eigenvalue weighted by Crippen LogP contribution is 2.28. The molecule has 1 N–H and O–H groups in total. The SMILES string of the molecule is CCC(CC)C(F)(F)CO. The molecule has 0 heterocycles. The second kappa shape index (κ2) is 3.86. The van der Waals surface area contributed by atoms with Gasteiger partial charge < -0.3 is 5.11 Å². The highest BCUT2D eigenvalue weighted by molar-refractivity contribution is 4.73. The van der Waals surface area contributed by atoms with Crippen LogP contribution in [0.25, 0.3) is 0 Å². The minimum absolute atomic E-state index is 0.421. The summed E-state index contributed by atoms with van der Waals surface area (Å²) in [6, 6.07) is 0. The van der Waals surface area contributed by atoms with Gasteiger partial charge in [-0.05, 0) is 12.8 Å². The molecule has 0 radical (unpaired) electrons. The molecule has 0 aromatic carbocycles. The quantitative estimate of drug-likeness (QED) is 0.653. The highest BCUT2D eigenvalue weighted by Gasteiger charge is 2.35. The summed E-state index contributed by atoms with van der Waals surface area (Å²) in [5.74, 6) is -3.55. The summed E-state index contributed by atoms with van der Waals surface area (Å²) in [6.07, 6.45) is 0.841. The average molecular weight is 152 g/mol. The van der Waals surface area contributed by atoms with Crippen molar-refractivity contribution in [2.45, 2.75) is 32.6 Å². The van der Waals surface area contributed by atoms with E-state index in [1.165, 1.54) is 0 Å². The Balaban J connectivity index is 3.97. The molecule has 0 unspecified atom stereocenters. The topological polar surface area (TPSA) is 20.2 Å². The van der Waals surface area contributed by atoms with Crippen LogP contribution < -0.4 is 0 Å². The lowest BCUT2D eigenvalue weighted by atomic mass is 9.96. The van der Waals surface area contributed by atoms with Gasteiger partial charge in [-0.15, -0.1) is 0 Å². The largest absolute Gasteiger partial charge is 0.390 e. The van der Waals surface area contributed by atoms with Gasteiger partial charge in [0.1, 0.15) is 6.61 Å². The maximum absolute atomic E-state index is 12.6. The van der Waals surface area contributed by atoms with Crippen LogP contribution in [0.3, 0.4) is 0 Å². The minimum Gasteiger partial charge on any atom is -0.390 e. The molecule has 0 aromatic heterocycles. The number of hydrogen-bond donors (Lipinski definition) is 1. The molecule has 0 fully saturated rings. The number of halogens is 2. The van der Waals surface area contributed by atoms with E-state index < -0.39 is 18.4 Å². The minimum atomic E-state index is -2.89. The van der Waals surface area contributed by atoms with Crippen molar-refractivity contribution in [3.63, 3.8) is 0 Å². The zero-order valence-electron chi connectivity index (χ0n) is 6.40. The summed E-state index contributed by atoms with van der Waals surface area (Å²) >= 11 is 0. The number of rotatable bonds is 4. The van der Waals surface area contributed by atoms with Crippen LogP contribution in [0.1, 0.15) is 26.7 Å². The van der Waals surface area contributed by atoms with Crippen LogP contribution >= 0.6 is 0 Å². The summed E-state index contributed by atoms with van der Waals surface area (Å²) in [4.78, 5) is 0. The third-order valence-electron chi connectivity index (χ3n) is 1.79. The van der Waals surface area contributed by atoms with E-state index in [0.29, 0.717) is 12.8 Å². The van der Waals surface area contributed by atoms with Gasteiger partial charge in [0.2, 0.25) is 0 Å². The predicted octanol–water partition coefficient (Wildman–Crippen LogP) is 2.05. The lowest BCUT2D eigenvalue weighted by Crippen LogP contribution is -2.31. The lowest BCUT2D eigenvalue weighted by Gasteiger charge is -2.22. The van der Waals surface area contributed by atoms with Crippen LogP contribution in [0, 0.1) is 5.92 Å². The summed E-state index contributed by atoms with van der Waals surface area (Å²) < 4.78 is 25.1. The second-order valence-electron chi connectivity index (χ2n) is 2.43. The Morgan fingerprint density at radius 2 is 1.70 bits per heavy atom. The van der Waals surface area contributed by atoms with Crippen molar-refractivity contribution < 1.29 is 13.9 Å². The van der Waals surface area contributed by atoms with Gasteiger partial charge in [0.05, 0.1) is 0 Å². The zero-order valence-corrected chi connectivity index (χ0v) is 6.40. The van der Waals surface area contributed by atoms with Crippen molar-refractivity contribution in [1.82, 2.24) is 0 Å². The Hall–Kier alpha value is -0.180. The van der Waals surface area contributed by atoms with E-state index in [9.17, 15) is 8.78 Å². The van der Waals surface area contributed by atoms with E-state index in [4.69, 9.17) is 5.11 Å². The molecule has 0 aliphatic carbocycles. The van der Waals surface area contributed by atoms with Crippen molar-refractivity contribution in [2.75, 3.05) is 6.61 Å². The van der Waals surface area contributed by atoms with Crippen molar-refractivity contribution in [1.29, 1.82) is 0 Å². The fourth-order valence-corrected chi connectivity index (χ4v) is 1.02. The standard InChI is InChI=1S/C7H14F2O/c1-3-6(4-2)7(8,9)5-10/h6,10H,3-5H2,1-2H3. The summed E-state index contributed by atoms with van der Waals surface area (Å²) in [5, 5.41) is 8.28. The van der Waals surface area contributed by atoms with Crippen LogP contribution in [0.5, 0.6) is 0 Å². The number of aliphatic hydroxyl groups is 1. The smallest absolute Gasteiger partial charge is 0.273 e. The fourth-order valence-electron chi connectivity index (χ4n) is 1.02. The molecule has 0 spiro atoms. The highest BCUT2D eigenvalue weighted by atomic mass is 19.3. The van der Waals surface area contributed by atoms with Crippen molar-refractivity contribution in [3.05, 3.63) is 0 Å². The first-order chi connectivity index (χ1) is 4.58. The molecule has 0 aliphatic rings. The van der Waals surface area contributed by atoms with Gasteiger partial charge in [0.25, 0.3) is 5.92 Å². The van der Waals surface area contributed by atoms with E-state index in [0.717, 1.165) is 0 Å². The Bertz CT molecular complexity index is 89.6. The van der Waals surface area contributed by atoms with Gasteiger partial charge in [0, 0.05) is 5.92 Å². The van der Waals surface area contributed by atoms with E-state index in [1.807, 2.05) is 0 Å². The molecule has 62 valence electrons. The molecule has 10 heavy (non-hydrogen) atoms. The second-order valence-corrected chi connectivity index (χ2v) is 2.43. The van der Waals surface area contributed by atoms with Gasteiger partial charge in [0.15, 0.2) is 0 Å². The van der Waals surface area contributed by atoms with Gasteiger partial charge in [-0.3, -0.25) is 0 Å². The molecule has 0 rings (SSSR count). The summed E-state index contributed by atoms with van der Waals surface area (Å²) in [7, 11) is 0. The van der Waals surface area contributed by atoms with Crippen molar-refractivity contribution in [2.24, 2.45) is 5.92 Å². The van der Waals surface area contributed by atoms with Crippen LogP contribution in [0.4, 0.5) is 8.78 Å². The van der Waals surface area contributed by atoms with Crippen LogP contribution in [0.15, 0.2) is 0 Å². The molecule has 1 nitrogen and oxygen atoms in total. The van der Waals surface area contributed by atoms with Gasteiger partial charge in [-0.25, -0.2) is 8.78 Å².